The first-order valence-electron chi connectivity index (χ1n) is 4.04. The second kappa shape index (κ2) is 4.16. The lowest BCUT2D eigenvalue weighted by molar-refractivity contribution is -0.0790. The van der Waals surface area contributed by atoms with E-state index in [4.69, 9.17) is 5.73 Å². The molecular formula is C10H8F3NO. The van der Waals surface area contributed by atoms with Gasteiger partial charge in [-0.3, -0.25) is 4.79 Å². The van der Waals surface area contributed by atoms with Gasteiger partial charge in [0.1, 0.15) is 0 Å². The molecule has 0 atom stereocenters. The van der Waals surface area contributed by atoms with Gasteiger partial charge in [-0.1, -0.05) is 18.2 Å². The Labute approximate surface area is 84.2 Å². The summed E-state index contributed by atoms with van der Waals surface area (Å²) in [5.74, 6) is -0.669. The molecule has 0 aliphatic rings. The molecular weight excluding hydrogens is 207 g/mol. The third-order valence-electron chi connectivity index (χ3n) is 1.64. The number of carbonyl (C=O) groups excluding carboxylic acids is 1. The van der Waals surface area contributed by atoms with Gasteiger partial charge in [0.2, 0.25) is 5.91 Å². The summed E-state index contributed by atoms with van der Waals surface area (Å²) in [6.07, 6.45) is -3.37. The van der Waals surface area contributed by atoms with Crippen LogP contribution in [0.1, 0.15) is 15.9 Å². The van der Waals surface area contributed by atoms with Crippen LogP contribution < -0.4 is 5.73 Å². The van der Waals surface area contributed by atoms with Gasteiger partial charge in [0.25, 0.3) is 0 Å². The predicted octanol–water partition coefficient (Wildman–Crippen LogP) is 2.36. The molecule has 0 saturated carbocycles. The van der Waals surface area contributed by atoms with Crippen molar-refractivity contribution in [2.75, 3.05) is 0 Å². The Morgan fingerprint density at radius 1 is 1.33 bits per heavy atom. The lowest BCUT2D eigenvalue weighted by Crippen LogP contribution is -2.10. The van der Waals surface area contributed by atoms with E-state index in [1.165, 1.54) is 24.3 Å². The number of hydrogen-bond donors (Lipinski definition) is 1. The average molecular weight is 215 g/mol. The molecule has 1 amide bonds. The molecule has 1 rings (SSSR count). The predicted molar refractivity (Wildman–Crippen MR) is 50.0 cm³/mol. The van der Waals surface area contributed by atoms with Gasteiger partial charge in [0.15, 0.2) is 0 Å². The standard InChI is InChI=1S/C10H8F3NO/c11-10(12,13)5-4-7-2-1-3-8(6-7)9(14)15/h1-6H,(H2,14,15). The van der Waals surface area contributed by atoms with E-state index in [-0.39, 0.29) is 17.2 Å². The summed E-state index contributed by atoms with van der Waals surface area (Å²) in [4.78, 5) is 10.7. The number of rotatable bonds is 2. The number of halogens is 3. The number of allylic oxidation sites excluding steroid dienone is 1. The van der Waals surface area contributed by atoms with Crippen LogP contribution in [0.15, 0.2) is 30.3 Å². The molecule has 0 saturated heterocycles. The minimum Gasteiger partial charge on any atom is -0.366 e. The Morgan fingerprint density at radius 2 is 2.00 bits per heavy atom. The lowest BCUT2D eigenvalue weighted by Gasteiger charge is -1.99. The van der Waals surface area contributed by atoms with E-state index in [1.54, 1.807) is 0 Å². The van der Waals surface area contributed by atoms with Crippen molar-refractivity contribution in [2.45, 2.75) is 6.18 Å². The second-order valence-electron chi connectivity index (χ2n) is 2.86. The van der Waals surface area contributed by atoms with E-state index in [1.807, 2.05) is 0 Å². The van der Waals surface area contributed by atoms with E-state index < -0.39 is 12.1 Å². The molecule has 80 valence electrons. The molecule has 2 nitrogen and oxygen atoms in total. The molecule has 0 heterocycles. The van der Waals surface area contributed by atoms with E-state index in [9.17, 15) is 18.0 Å². The Bertz CT molecular complexity index is 396. The topological polar surface area (TPSA) is 43.1 Å². The molecule has 0 radical (unpaired) electrons. The van der Waals surface area contributed by atoms with Crippen molar-refractivity contribution in [1.82, 2.24) is 0 Å². The first kappa shape index (κ1) is 11.3. The van der Waals surface area contributed by atoms with Gasteiger partial charge in [-0.2, -0.15) is 13.2 Å². The van der Waals surface area contributed by atoms with Crippen molar-refractivity contribution in [3.63, 3.8) is 0 Å². The van der Waals surface area contributed by atoms with E-state index in [0.717, 1.165) is 6.08 Å². The van der Waals surface area contributed by atoms with Crippen molar-refractivity contribution < 1.29 is 18.0 Å². The monoisotopic (exact) mass is 215 g/mol. The molecule has 0 aliphatic carbocycles. The number of nitrogens with two attached hydrogens (primary N) is 1. The minimum atomic E-state index is -4.36. The molecule has 2 N–H and O–H groups in total. The lowest BCUT2D eigenvalue weighted by atomic mass is 10.1. The highest BCUT2D eigenvalue weighted by Crippen LogP contribution is 2.18. The van der Waals surface area contributed by atoms with Crippen LogP contribution >= 0.6 is 0 Å². The molecule has 0 spiro atoms. The van der Waals surface area contributed by atoms with Gasteiger partial charge in [-0.15, -0.1) is 0 Å². The Balaban J connectivity index is 2.92. The Kier molecular flexibility index (Phi) is 3.14. The van der Waals surface area contributed by atoms with Crippen molar-refractivity contribution in [3.8, 4) is 0 Å². The number of primary amides is 1. The molecule has 1 aromatic rings. The molecule has 0 fully saturated rings. The minimum absolute atomic E-state index is 0.104. The van der Waals surface area contributed by atoms with Crippen LogP contribution in [0.25, 0.3) is 6.08 Å². The van der Waals surface area contributed by atoms with Gasteiger partial charge in [0.05, 0.1) is 0 Å². The van der Waals surface area contributed by atoms with Crippen LogP contribution in [0, 0.1) is 0 Å². The maximum absolute atomic E-state index is 11.8. The maximum Gasteiger partial charge on any atom is 0.409 e. The van der Waals surface area contributed by atoms with E-state index >= 15 is 0 Å². The third kappa shape index (κ3) is 3.84. The summed E-state index contributed by atoms with van der Waals surface area (Å²) >= 11 is 0. The number of benzene rings is 1. The highest BCUT2D eigenvalue weighted by atomic mass is 19.4. The molecule has 15 heavy (non-hydrogen) atoms. The molecule has 0 aliphatic heterocycles. The number of hydrogen-bond acceptors (Lipinski definition) is 1. The highest BCUT2D eigenvalue weighted by Gasteiger charge is 2.21. The van der Waals surface area contributed by atoms with Crippen LogP contribution in [-0.2, 0) is 0 Å². The number of alkyl halides is 3. The van der Waals surface area contributed by atoms with Gasteiger partial charge < -0.3 is 5.73 Å². The molecule has 5 heteroatoms. The largest absolute Gasteiger partial charge is 0.409 e. The van der Waals surface area contributed by atoms with Crippen LogP contribution in [0.4, 0.5) is 13.2 Å². The van der Waals surface area contributed by atoms with Gasteiger partial charge >= 0.3 is 6.18 Å². The first-order valence-corrected chi connectivity index (χ1v) is 4.04. The summed E-state index contributed by atoms with van der Waals surface area (Å²) in [6.45, 7) is 0. The smallest absolute Gasteiger partial charge is 0.366 e. The number of amides is 1. The van der Waals surface area contributed by atoms with Crippen molar-refractivity contribution in [2.24, 2.45) is 5.73 Å². The number of carbonyl (C=O) groups is 1. The van der Waals surface area contributed by atoms with Gasteiger partial charge in [-0.05, 0) is 17.7 Å². The third-order valence-corrected chi connectivity index (χ3v) is 1.64. The zero-order valence-electron chi connectivity index (χ0n) is 7.58. The van der Waals surface area contributed by atoms with E-state index in [0.29, 0.717) is 0 Å². The van der Waals surface area contributed by atoms with Gasteiger partial charge in [0, 0.05) is 11.6 Å². The van der Waals surface area contributed by atoms with Crippen molar-refractivity contribution in [1.29, 1.82) is 0 Å². The van der Waals surface area contributed by atoms with Crippen LogP contribution in [0.2, 0.25) is 0 Å². The first-order chi connectivity index (χ1) is 6.88. The molecule has 0 bridgehead atoms. The van der Waals surface area contributed by atoms with Crippen LogP contribution in [0.3, 0.4) is 0 Å². The van der Waals surface area contributed by atoms with Crippen LogP contribution in [0.5, 0.6) is 0 Å². The summed E-state index contributed by atoms with van der Waals surface area (Å²) in [7, 11) is 0. The SMILES string of the molecule is NC(=O)c1cccc(C=CC(F)(F)F)c1. The maximum atomic E-state index is 11.8. The fraction of sp³-hybridized carbons (Fsp3) is 0.100. The van der Waals surface area contributed by atoms with Crippen LogP contribution in [-0.4, -0.2) is 12.1 Å². The molecule has 1 aromatic carbocycles. The van der Waals surface area contributed by atoms with Crippen molar-refractivity contribution in [3.05, 3.63) is 41.5 Å². The zero-order valence-corrected chi connectivity index (χ0v) is 7.58. The summed E-state index contributed by atoms with van der Waals surface area (Å²) in [5.41, 5.74) is 5.44. The Morgan fingerprint density at radius 3 is 2.53 bits per heavy atom. The summed E-state index contributed by atoms with van der Waals surface area (Å²) in [5, 5.41) is 0. The highest BCUT2D eigenvalue weighted by molar-refractivity contribution is 5.93. The second-order valence-corrected chi connectivity index (χ2v) is 2.86. The fourth-order valence-electron chi connectivity index (χ4n) is 0.986. The Hall–Kier alpha value is -1.78. The fourth-order valence-corrected chi connectivity index (χ4v) is 0.986. The zero-order chi connectivity index (χ0) is 11.5. The van der Waals surface area contributed by atoms with Crippen molar-refractivity contribution >= 4 is 12.0 Å². The normalized spacial score (nSPS) is 11.9. The average Bonchev–Trinajstić information content (AvgIpc) is 2.14. The van der Waals surface area contributed by atoms with E-state index in [2.05, 4.69) is 0 Å². The molecule has 0 aromatic heterocycles. The van der Waals surface area contributed by atoms with Gasteiger partial charge in [-0.25, -0.2) is 0 Å². The quantitative estimate of drug-likeness (QED) is 0.808. The summed E-state index contributed by atoms with van der Waals surface area (Å²) < 4.78 is 35.5. The summed E-state index contributed by atoms with van der Waals surface area (Å²) in [6, 6.07) is 5.66. The molecule has 0 unspecified atom stereocenters.